The maximum Gasteiger partial charge on any atom is 0.228 e. The van der Waals surface area contributed by atoms with Crippen molar-refractivity contribution in [3.63, 3.8) is 0 Å². The number of hydrogen-bond acceptors (Lipinski definition) is 3. The van der Waals surface area contributed by atoms with Crippen molar-refractivity contribution in [3.8, 4) is 11.3 Å². The Kier molecular flexibility index (Phi) is 5.30. The number of nitrogens with zero attached hydrogens (tertiary/aromatic N) is 2. The highest BCUT2D eigenvalue weighted by atomic mass is 16.2. The van der Waals surface area contributed by atoms with Crippen molar-refractivity contribution in [2.75, 3.05) is 11.9 Å². The van der Waals surface area contributed by atoms with Crippen LogP contribution in [0.2, 0.25) is 0 Å². The van der Waals surface area contributed by atoms with Gasteiger partial charge in [-0.1, -0.05) is 50.1 Å². The Labute approximate surface area is 143 Å². The van der Waals surface area contributed by atoms with E-state index in [4.69, 9.17) is 5.73 Å². The van der Waals surface area contributed by atoms with Crippen molar-refractivity contribution in [2.45, 2.75) is 39.2 Å². The summed E-state index contributed by atoms with van der Waals surface area (Å²) in [5.41, 5.74) is 7.59. The summed E-state index contributed by atoms with van der Waals surface area (Å²) in [5.74, 6) is 1.58. The lowest BCUT2D eigenvalue weighted by Gasteiger charge is -2.25. The molecule has 0 spiro atoms. The van der Waals surface area contributed by atoms with Gasteiger partial charge in [-0.3, -0.25) is 4.79 Å². The fourth-order valence-corrected chi connectivity index (χ4v) is 3.46. The first-order valence-electron chi connectivity index (χ1n) is 8.81. The minimum absolute atomic E-state index is 0.107. The number of benzene rings is 1. The number of carbonyl (C=O) groups is 1. The van der Waals surface area contributed by atoms with Gasteiger partial charge in [-0.05, 0) is 18.8 Å². The van der Waals surface area contributed by atoms with E-state index in [2.05, 4.69) is 17.3 Å². The van der Waals surface area contributed by atoms with Crippen LogP contribution >= 0.6 is 0 Å². The minimum Gasteiger partial charge on any atom is -0.329 e. The van der Waals surface area contributed by atoms with Gasteiger partial charge in [0.1, 0.15) is 5.82 Å². The average molecular weight is 326 g/mol. The predicted molar refractivity (Wildman–Crippen MR) is 96.5 cm³/mol. The van der Waals surface area contributed by atoms with E-state index in [1.54, 1.807) is 4.68 Å². The van der Waals surface area contributed by atoms with Gasteiger partial charge < -0.3 is 11.1 Å². The van der Waals surface area contributed by atoms with Crippen LogP contribution in [0.15, 0.2) is 36.4 Å². The highest BCUT2D eigenvalue weighted by Crippen LogP contribution is 2.30. The first kappa shape index (κ1) is 16.7. The molecule has 1 aliphatic carbocycles. The van der Waals surface area contributed by atoms with Crippen molar-refractivity contribution < 1.29 is 4.79 Å². The molecule has 2 aromatic rings. The van der Waals surface area contributed by atoms with Crippen molar-refractivity contribution in [1.29, 1.82) is 0 Å². The maximum atomic E-state index is 12.6. The SMILES string of the molecule is C[C@@H]1CCC[C@H](C(=O)Nc2cc(-c3ccccc3)nn2CCN)C1. The van der Waals surface area contributed by atoms with E-state index in [1.807, 2.05) is 36.4 Å². The number of aromatic nitrogens is 2. The molecule has 3 N–H and O–H groups in total. The van der Waals surface area contributed by atoms with E-state index in [-0.39, 0.29) is 11.8 Å². The molecule has 1 fully saturated rings. The standard InChI is InChI=1S/C19H26N4O/c1-14-6-5-9-16(12-14)19(24)21-18-13-17(22-23(18)11-10-20)15-7-3-2-4-8-15/h2-4,7-8,13-14,16H,5-6,9-12,20H2,1H3,(H,21,24)/t14-,16+/m1/s1. The molecular weight excluding hydrogens is 300 g/mol. The molecule has 24 heavy (non-hydrogen) atoms. The van der Waals surface area contributed by atoms with Crippen molar-refractivity contribution in [2.24, 2.45) is 17.6 Å². The van der Waals surface area contributed by atoms with Crippen molar-refractivity contribution in [3.05, 3.63) is 36.4 Å². The lowest BCUT2D eigenvalue weighted by atomic mass is 9.82. The molecule has 128 valence electrons. The first-order chi connectivity index (χ1) is 11.7. The largest absolute Gasteiger partial charge is 0.329 e. The molecule has 0 unspecified atom stereocenters. The predicted octanol–water partition coefficient (Wildman–Crippen LogP) is 3.27. The summed E-state index contributed by atoms with van der Waals surface area (Å²) in [4.78, 5) is 12.6. The highest BCUT2D eigenvalue weighted by molar-refractivity contribution is 5.92. The van der Waals surface area contributed by atoms with Crippen LogP contribution in [0.25, 0.3) is 11.3 Å². The summed E-state index contributed by atoms with van der Waals surface area (Å²) in [7, 11) is 0. The van der Waals surface area contributed by atoms with Gasteiger partial charge in [0, 0.05) is 24.1 Å². The lowest BCUT2D eigenvalue weighted by molar-refractivity contribution is -0.121. The summed E-state index contributed by atoms with van der Waals surface area (Å²) in [6.07, 6.45) is 4.32. The third-order valence-electron chi connectivity index (χ3n) is 4.75. The molecule has 1 aliphatic rings. The highest BCUT2D eigenvalue weighted by Gasteiger charge is 2.26. The molecule has 3 rings (SSSR count). The number of carbonyl (C=O) groups excluding carboxylic acids is 1. The summed E-state index contributed by atoms with van der Waals surface area (Å²) in [6.45, 7) is 3.30. The van der Waals surface area contributed by atoms with E-state index in [0.29, 0.717) is 19.0 Å². The monoisotopic (exact) mass is 326 g/mol. The van der Waals surface area contributed by atoms with Crippen LogP contribution in [0.4, 0.5) is 5.82 Å². The Morgan fingerprint density at radius 3 is 2.83 bits per heavy atom. The van der Waals surface area contributed by atoms with Crippen LogP contribution in [-0.4, -0.2) is 22.2 Å². The van der Waals surface area contributed by atoms with Gasteiger partial charge in [0.25, 0.3) is 0 Å². The second-order valence-corrected chi connectivity index (χ2v) is 6.75. The smallest absolute Gasteiger partial charge is 0.228 e. The van der Waals surface area contributed by atoms with Crippen molar-refractivity contribution in [1.82, 2.24) is 9.78 Å². The molecule has 1 amide bonds. The van der Waals surface area contributed by atoms with E-state index < -0.39 is 0 Å². The van der Waals surface area contributed by atoms with Gasteiger partial charge in [0.05, 0.1) is 12.2 Å². The number of amides is 1. The lowest BCUT2D eigenvalue weighted by Crippen LogP contribution is -2.28. The van der Waals surface area contributed by atoms with Gasteiger partial charge in [-0.25, -0.2) is 4.68 Å². The Balaban J connectivity index is 1.78. The molecule has 0 aliphatic heterocycles. The molecule has 1 aromatic heterocycles. The topological polar surface area (TPSA) is 72.9 Å². The molecule has 0 saturated heterocycles. The number of nitrogens with one attached hydrogen (secondary N) is 1. The Morgan fingerprint density at radius 2 is 2.12 bits per heavy atom. The fraction of sp³-hybridized carbons (Fsp3) is 0.474. The van der Waals surface area contributed by atoms with Gasteiger partial charge in [0.15, 0.2) is 0 Å². The van der Waals surface area contributed by atoms with Gasteiger partial charge >= 0.3 is 0 Å². The van der Waals surface area contributed by atoms with E-state index in [0.717, 1.165) is 36.3 Å². The molecule has 0 radical (unpaired) electrons. The summed E-state index contributed by atoms with van der Waals surface area (Å²) < 4.78 is 1.80. The summed E-state index contributed by atoms with van der Waals surface area (Å²) in [6, 6.07) is 11.9. The number of rotatable bonds is 5. The van der Waals surface area contributed by atoms with E-state index >= 15 is 0 Å². The van der Waals surface area contributed by atoms with Crippen LogP contribution in [0, 0.1) is 11.8 Å². The fourth-order valence-electron chi connectivity index (χ4n) is 3.46. The maximum absolute atomic E-state index is 12.6. The molecule has 1 heterocycles. The van der Waals surface area contributed by atoms with Crippen LogP contribution in [0.3, 0.4) is 0 Å². The third kappa shape index (κ3) is 3.85. The van der Waals surface area contributed by atoms with Gasteiger partial charge in [-0.2, -0.15) is 5.10 Å². The van der Waals surface area contributed by atoms with Gasteiger partial charge in [0.2, 0.25) is 5.91 Å². The molecule has 1 saturated carbocycles. The molecular formula is C19H26N4O. The zero-order valence-corrected chi connectivity index (χ0v) is 14.2. The molecule has 1 aromatic carbocycles. The second-order valence-electron chi connectivity index (χ2n) is 6.75. The van der Waals surface area contributed by atoms with Crippen LogP contribution in [0.5, 0.6) is 0 Å². The summed E-state index contributed by atoms with van der Waals surface area (Å²) >= 11 is 0. The number of anilines is 1. The zero-order valence-electron chi connectivity index (χ0n) is 14.2. The molecule has 5 nitrogen and oxygen atoms in total. The normalized spacial score (nSPS) is 20.8. The molecule has 5 heteroatoms. The van der Waals surface area contributed by atoms with Gasteiger partial charge in [-0.15, -0.1) is 0 Å². The summed E-state index contributed by atoms with van der Waals surface area (Å²) in [5, 5.41) is 7.69. The number of nitrogens with two attached hydrogens (primary N) is 1. The molecule has 0 bridgehead atoms. The zero-order chi connectivity index (χ0) is 16.9. The van der Waals surface area contributed by atoms with Crippen molar-refractivity contribution >= 4 is 11.7 Å². The Hall–Kier alpha value is -2.14. The average Bonchev–Trinajstić information content (AvgIpc) is 2.99. The minimum atomic E-state index is 0.107. The van der Waals surface area contributed by atoms with Crippen LogP contribution in [-0.2, 0) is 11.3 Å². The Bertz CT molecular complexity index is 680. The van der Waals surface area contributed by atoms with E-state index in [9.17, 15) is 4.79 Å². The third-order valence-corrected chi connectivity index (χ3v) is 4.75. The number of hydrogen-bond donors (Lipinski definition) is 2. The van der Waals surface area contributed by atoms with E-state index in [1.165, 1.54) is 6.42 Å². The van der Waals surface area contributed by atoms with Crippen LogP contribution in [0.1, 0.15) is 32.6 Å². The quantitative estimate of drug-likeness (QED) is 0.885. The second kappa shape index (κ2) is 7.62. The Morgan fingerprint density at radius 1 is 1.33 bits per heavy atom. The first-order valence-corrected chi connectivity index (χ1v) is 8.81. The van der Waals surface area contributed by atoms with Crippen LogP contribution < -0.4 is 11.1 Å². The molecule has 2 atom stereocenters.